The van der Waals surface area contributed by atoms with Crippen LogP contribution in [-0.2, 0) is 12.8 Å². The summed E-state index contributed by atoms with van der Waals surface area (Å²) < 4.78 is 0. The van der Waals surface area contributed by atoms with Gasteiger partial charge in [-0.25, -0.2) is 15.0 Å². The molecule has 0 saturated heterocycles. The Bertz CT molecular complexity index is 766. The van der Waals surface area contributed by atoms with E-state index in [1.807, 2.05) is 6.92 Å². The number of fused-ring (bicyclic) bond motifs is 1. The van der Waals surface area contributed by atoms with Crippen molar-refractivity contribution < 1.29 is 0 Å². The van der Waals surface area contributed by atoms with Gasteiger partial charge in [0.15, 0.2) is 0 Å². The maximum absolute atomic E-state index is 6.01. The van der Waals surface area contributed by atoms with Crippen molar-refractivity contribution in [2.45, 2.75) is 26.7 Å². The third kappa shape index (κ3) is 3.33. The maximum Gasteiger partial charge on any atom is 0.225 e. The first kappa shape index (κ1) is 14.7. The molecule has 0 amide bonds. The van der Waals surface area contributed by atoms with Gasteiger partial charge < -0.3 is 5.32 Å². The van der Waals surface area contributed by atoms with E-state index in [2.05, 4.69) is 38.6 Å². The van der Waals surface area contributed by atoms with E-state index in [4.69, 9.17) is 11.6 Å². The second-order valence-corrected chi connectivity index (χ2v) is 7.18. The van der Waals surface area contributed by atoms with E-state index >= 15 is 0 Å². The SMILES string of the molecule is CCc1cc2c(NCCc3csc(C)n3)nc(Cl)nc2s1. The zero-order valence-electron chi connectivity index (χ0n) is 11.8. The molecule has 0 bridgehead atoms. The zero-order valence-corrected chi connectivity index (χ0v) is 14.2. The highest BCUT2D eigenvalue weighted by Gasteiger charge is 2.10. The summed E-state index contributed by atoms with van der Waals surface area (Å²) in [5.74, 6) is 0.813. The highest BCUT2D eigenvalue weighted by molar-refractivity contribution is 7.18. The van der Waals surface area contributed by atoms with Crippen molar-refractivity contribution in [3.8, 4) is 0 Å². The van der Waals surface area contributed by atoms with Crippen LogP contribution in [0.15, 0.2) is 11.4 Å². The minimum atomic E-state index is 0.291. The molecule has 0 aliphatic heterocycles. The molecule has 3 aromatic rings. The lowest BCUT2D eigenvalue weighted by Crippen LogP contribution is -2.07. The first-order chi connectivity index (χ1) is 10.2. The monoisotopic (exact) mass is 338 g/mol. The van der Waals surface area contributed by atoms with E-state index in [0.29, 0.717) is 5.28 Å². The van der Waals surface area contributed by atoms with Gasteiger partial charge in [-0.3, -0.25) is 0 Å². The number of aromatic nitrogens is 3. The molecule has 1 N–H and O–H groups in total. The fourth-order valence-corrected chi connectivity index (χ4v) is 3.92. The van der Waals surface area contributed by atoms with Gasteiger partial charge >= 0.3 is 0 Å². The van der Waals surface area contributed by atoms with Crippen LogP contribution in [0, 0.1) is 6.92 Å². The van der Waals surface area contributed by atoms with Gasteiger partial charge in [-0.05, 0) is 31.0 Å². The van der Waals surface area contributed by atoms with Crippen molar-refractivity contribution >= 4 is 50.3 Å². The molecule has 21 heavy (non-hydrogen) atoms. The topological polar surface area (TPSA) is 50.7 Å². The van der Waals surface area contributed by atoms with E-state index in [0.717, 1.165) is 46.1 Å². The fourth-order valence-electron chi connectivity index (χ4n) is 2.09. The van der Waals surface area contributed by atoms with Crippen molar-refractivity contribution in [3.63, 3.8) is 0 Å². The Balaban J connectivity index is 1.77. The molecule has 0 aliphatic rings. The Hall–Kier alpha value is -1.24. The zero-order chi connectivity index (χ0) is 14.8. The molecule has 0 saturated carbocycles. The summed E-state index contributed by atoms with van der Waals surface area (Å²) in [6.07, 6.45) is 1.87. The molecule has 0 fully saturated rings. The van der Waals surface area contributed by atoms with Crippen molar-refractivity contribution in [2.24, 2.45) is 0 Å². The van der Waals surface area contributed by atoms with Crippen LogP contribution in [0.4, 0.5) is 5.82 Å². The lowest BCUT2D eigenvalue weighted by molar-refractivity contribution is 0.961. The molecule has 0 unspecified atom stereocenters. The number of hydrogen-bond donors (Lipinski definition) is 1. The Morgan fingerprint density at radius 1 is 1.29 bits per heavy atom. The molecular formula is C14H15ClN4S2. The first-order valence-corrected chi connectivity index (χ1v) is 8.84. The summed E-state index contributed by atoms with van der Waals surface area (Å²) in [4.78, 5) is 15.3. The lowest BCUT2D eigenvalue weighted by Gasteiger charge is -2.05. The largest absolute Gasteiger partial charge is 0.369 e. The van der Waals surface area contributed by atoms with Crippen molar-refractivity contribution in [2.75, 3.05) is 11.9 Å². The standard InChI is InChI=1S/C14H15ClN4S2/c1-3-10-6-11-12(18-14(15)19-13(11)21-10)16-5-4-9-7-20-8(2)17-9/h6-7H,3-5H2,1-2H3,(H,16,18,19). The summed E-state index contributed by atoms with van der Waals surface area (Å²) >= 11 is 9.36. The van der Waals surface area contributed by atoms with E-state index in [1.54, 1.807) is 22.7 Å². The third-order valence-electron chi connectivity index (χ3n) is 3.11. The van der Waals surface area contributed by atoms with Gasteiger partial charge in [0.25, 0.3) is 0 Å². The quantitative estimate of drug-likeness (QED) is 0.703. The highest BCUT2D eigenvalue weighted by atomic mass is 35.5. The van der Waals surface area contributed by atoms with Crippen LogP contribution >= 0.6 is 34.3 Å². The second-order valence-electron chi connectivity index (χ2n) is 4.66. The lowest BCUT2D eigenvalue weighted by atomic mass is 10.3. The second kappa shape index (κ2) is 6.25. The Labute approximate surface area is 136 Å². The van der Waals surface area contributed by atoms with Crippen LogP contribution in [0.25, 0.3) is 10.2 Å². The molecule has 0 atom stereocenters. The number of thiophene rings is 1. The molecule has 3 rings (SSSR count). The van der Waals surface area contributed by atoms with Gasteiger partial charge in [-0.2, -0.15) is 0 Å². The highest BCUT2D eigenvalue weighted by Crippen LogP contribution is 2.30. The van der Waals surface area contributed by atoms with Gasteiger partial charge in [0.05, 0.1) is 16.1 Å². The molecule has 0 aromatic carbocycles. The van der Waals surface area contributed by atoms with Gasteiger partial charge in [-0.15, -0.1) is 22.7 Å². The minimum Gasteiger partial charge on any atom is -0.369 e. The first-order valence-electron chi connectivity index (χ1n) is 6.76. The van der Waals surface area contributed by atoms with E-state index in [-0.39, 0.29) is 0 Å². The van der Waals surface area contributed by atoms with Crippen molar-refractivity contribution in [1.29, 1.82) is 0 Å². The Morgan fingerprint density at radius 3 is 2.86 bits per heavy atom. The summed E-state index contributed by atoms with van der Waals surface area (Å²) in [5, 5.41) is 7.90. The average Bonchev–Trinajstić information content (AvgIpc) is 3.04. The number of nitrogens with one attached hydrogen (secondary N) is 1. The molecule has 110 valence electrons. The average molecular weight is 339 g/mol. The van der Waals surface area contributed by atoms with Crippen LogP contribution in [0.3, 0.4) is 0 Å². The summed E-state index contributed by atoms with van der Waals surface area (Å²) in [6.45, 7) is 4.94. The molecule has 3 aromatic heterocycles. The van der Waals surface area contributed by atoms with Gasteiger partial charge in [-0.1, -0.05) is 6.92 Å². The summed E-state index contributed by atoms with van der Waals surface area (Å²) in [7, 11) is 0. The molecule has 4 nitrogen and oxygen atoms in total. The van der Waals surface area contributed by atoms with Crippen LogP contribution in [0.1, 0.15) is 22.5 Å². The number of nitrogens with zero attached hydrogens (tertiary/aromatic N) is 3. The number of hydrogen-bond acceptors (Lipinski definition) is 6. The predicted molar refractivity (Wildman–Crippen MR) is 90.8 cm³/mol. The van der Waals surface area contributed by atoms with Gasteiger partial charge in [0.2, 0.25) is 5.28 Å². The van der Waals surface area contributed by atoms with E-state index < -0.39 is 0 Å². The van der Waals surface area contributed by atoms with Crippen LogP contribution in [0.5, 0.6) is 0 Å². The molecule has 0 radical (unpaired) electrons. The number of aryl methyl sites for hydroxylation is 2. The Morgan fingerprint density at radius 2 is 2.14 bits per heavy atom. The number of thiazole rings is 1. The van der Waals surface area contributed by atoms with E-state index in [9.17, 15) is 0 Å². The van der Waals surface area contributed by atoms with Gasteiger partial charge in [0, 0.05) is 23.2 Å². The number of halogens is 1. The molecule has 3 heterocycles. The Kier molecular flexibility index (Phi) is 4.37. The van der Waals surface area contributed by atoms with Crippen LogP contribution in [-0.4, -0.2) is 21.5 Å². The minimum absolute atomic E-state index is 0.291. The smallest absolute Gasteiger partial charge is 0.225 e. The normalized spacial score (nSPS) is 11.2. The summed E-state index contributed by atoms with van der Waals surface area (Å²) in [6, 6.07) is 2.14. The van der Waals surface area contributed by atoms with E-state index in [1.165, 1.54) is 4.88 Å². The molecular weight excluding hydrogens is 324 g/mol. The number of anilines is 1. The third-order valence-corrected chi connectivity index (χ3v) is 5.27. The van der Waals surface area contributed by atoms with Crippen LogP contribution < -0.4 is 5.32 Å². The van der Waals surface area contributed by atoms with Crippen molar-refractivity contribution in [3.05, 3.63) is 32.3 Å². The fraction of sp³-hybridized carbons (Fsp3) is 0.357. The maximum atomic E-state index is 6.01. The molecule has 7 heteroatoms. The number of rotatable bonds is 5. The van der Waals surface area contributed by atoms with Gasteiger partial charge in [0.1, 0.15) is 10.6 Å². The van der Waals surface area contributed by atoms with Crippen LogP contribution in [0.2, 0.25) is 5.28 Å². The molecule has 0 spiro atoms. The molecule has 0 aliphatic carbocycles. The summed E-state index contributed by atoms with van der Waals surface area (Å²) in [5.41, 5.74) is 1.11. The predicted octanol–water partition coefficient (Wildman–Crippen LogP) is 4.33. The van der Waals surface area contributed by atoms with Crippen molar-refractivity contribution in [1.82, 2.24) is 15.0 Å².